The molecule has 1 nitrogen and oxygen atoms in total. The molecule has 0 N–H and O–H groups in total. The zero-order valence-electron chi connectivity index (χ0n) is 9.89. The van der Waals surface area contributed by atoms with Crippen LogP contribution in [0.3, 0.4) is 0 Å². The Hall–Kier alpha value is -1.18. The van der Waals surface area contributed by atoms with Crippen LogP contribution in [0.15, 0.2) is 17.1 Å². The Morgan fingerprint density at radius 1 is 1.27 bits per heavy atom. The predicted octanol–water partition coefficient (Wildman–Crippen LogP) is 4.34. The number of aliphatic imine (C=N–C) groups is 1. The first-order valence-electron chi connectivity index (χ1n) is 5.35. The molecule has 0 atom stereocenters. The van der Waals surface area contributed by atoms with E-state index in [1.807, 2.05) is 19.9 Å². The average Bonchev–Trinajstić information content (AvgIpc) is 2.14. The third-order valence-electron chi connectivity index (χ3n) is 2.40. The van der Waals surface area contributed by atoms with Crippen LogP contribution in [0, 0.1) is 19.7 Å². The molecule has 0 spiro atoms. The molecule has 0 saturated heterocycles. The van der Waals surface area contributed by atoms with Gasteiger partial charge in [0.2, 0.25) is 0 Å². The minimum Gasteiger partial charge on any atom is -0.258 e. The van der Waals surface area contributed by atoms with Gasteiger partial charge in [-0.05, 0) is 38.3 Å². The van der Waals surface area contributed by atoms with Crippen molar-refractivity contribution in [1.29, 1.82) is 0 Å². The number of aryl methyl sites for hydroxylation is 2. The van der Waals surface area contributed by atoms with Crippen LogP contribution in [0.1, 0.15) is 37.8 Å². The van der Waals surface area contributed by atoms with Crippen molar-refractivity contribution in [3.8, 4) is 0 Å². The third-order valence-corrected chi connectivity index (χ3v) is 2.40. The lowest BCUT2D eigenvalue weighted by molar-refractivity contribution is 0.618. The molecule has 0 bridgehead atoms. The van der Waals surface area contributed by atoms with Gasteiger partial charge in [-0.15, -0.1) is 0 Å². The van der Waals surface area contributed by atoms with Crippen molar-refractivity contribution >= 4 is 11.4 Å². The first-order valence-corrected chi connectivity index (χ1v) is 5.35. The first kappa shape index (κ1) is 11.9. The minimum atomic E-state index is -0.177. The fraction of sp³-hybridized carbons (Fsp3) is 0.462. The van der Waals surface area contributed by atoms with E-state index >= 15 is 0 Å². The smallest absolute Gasteiger partial charge is 0.128 e. The summed E-state index contributed by atoms with van der Waals surface area (Å²) in [6.45, 7) is 7.83. The maximum absolute atomic E-state index is 13.3. The van der Waals surface area contributed by atoms with Crippen molar-refractivity contribution in [1.82, 2.24) is 0 Å². The summed E-state index contributed by atoms with van der Waals surface area (Å²) in [7, 11) is 0. The standard InChI is InChI=1S/C13H18FN/c1-5-6-11(4)15-13-8-12(14)9(2)7-10(13)3/h7-8H,5-6H2,1-4H3. The van der Waals surface area contributed by atoms with Crippen LogP contribution in [0.4, 0.5) is 10.1 Å². The van der Waals surface area contributed by atoms with E-state index in [4.69, 9.17) is 0 Å². The lowest BCUT2D eigenvalue weighted by atomic mass is 10.1. The quantitative estimate of drug-likeness (QED) is 0.654. The number of hydrogen-bond donors (Lipinski definition) is 0. The Balaban J connectivity index is 3.05. The maximum Gasteiger partial charge on any atom is 0.128 e. The van der Waals surface area contributed by atoms with E-state index in [9.17, 15) is 4.39 Å². The molecule has 0 saturated carbocycles. The highest BCUT2D eigenvalue weighted by molar-refractivity contribution is 5.84. The van der Waals surface area contributed by atoms with Crippen molar-refractivity contribution in [2.24, 2.45) is 4.99 Å². The average molecular weight is 207 g/mol. The van der Waals surface area contributed by atoms with Crippen LogP contribution in [-0.2, 0) is 0 Å². The highest BCUT2D eigenvalue weighted by atomic mass is 19.1. The molecule has 0 amide bonds. The summed E-state index contributed by atoms with van der Waals surface area (Å²) in [5.41, 5.74) is 3.52. The van der Waals surface area contributed by atoms with Crippen LogP contribution in [-0.4, -0.2) is 5.71 Å². The summed E-state index contributed by atoms with van der Waals surface area (Å²) >= 11 is 0. The highest BCUT2D eigenvalue weighted by Gasteiger charge is 2.03. The molecule has 0 unspecified atom stereocenters. The number of nitrogens with zero attached hydrogens (tertiary/aromatic N) is 1. The molecule has 0 aromatic heterocycles. The molecule has 1 aromatic carbocycles. The van der Waals surface area contributed by atoms with Crippen LogP contribution < -0.4 is 0 Å². The second-order valence-corrected chi connectivity index (χ2v) is 3.98. The van der Waals surface area contributed by atoms with E-state index < -0.39 is 0 Å². The van der Waals surface area contributed by atoms with Gasteiger partial charge in [-0.1, -0.05) is 19.4 Å². The van der Waals surface area contributed by atoms with Crippen molar-refractivity contribution < 1.29 is 4.39 Å². The zero-order valence-corrected chi connectivity index (χ0v) is 9.89. The van der Waals surface area contributed by atoms with Gasteiger partial charge in [0.25, 0.3) is 0 Å². The number of halogens is 1. The van der Waals surface area contributed by atoms with Gasteiger partial charge >= 0.3 is 0 Å². The van der Waals surface area contributed by atoms with E-state index in [-0.39, 0.29) is 5.82 Å². The van der Waals surface area contributed by atoms with Crippen LogP contribution >= 0.6 is 0 Å². The fourth-order valence-corrected chi connectivity index (χ4v) is 1.56. The molecule has 2 heteroatoms. The lowest BCUT2D eigenvalue weighted by Gasteiger charge is -2.05. The molecule has 15 heavy (non-hydrogen) atoms. The Morgan fingerprint density at radius 2 is 1.93 bits per heavy atom. The molecule has 0 heterocycles. The van der Waals surface area contributed by atoms with Gasteiger partial charge in [-0.2, -0.15) is 0 Å². The fourth-order valence-electron chi connectivity index (χ4n) is 1.56. The largest absolute Gasteiger partial charge is 0.258 e. The predicted molar refractivity (Wildman–Crippen MR) is 63.6 cm³/mol. The second-order valence-electron chi connectivity index (χ2n) is 3.98. The SMILES string of the molecule is CCCC(C)=Nc1cc(F)c(C)cc1C. The van der Waals surface area contributed by atoms with E-state index in [1.54, 1.807) is 6.92 Å². The second kappa shape index (κ2) is 5.06. The summed E-state index contributed by atoms with van der Waals surface area (Å²) < 4.78 is 13.3. The maximum atomic E-state index is 13.3. The molecule has 1 aromatic rings. The molecule has 82 valence electrons. The molecular formula is C13H18FN. The normalized spacial score (nSPS) is 11.9. The van der Waals surface area contributed by atoms with Crippen LogP contribution in [0.25, 0.3) is 0 Å². The lowest BCUT2D eigenvalue weighted by Crippen LogP contribution is -1.91. The monoisotopic (exact) mass is 207 g/mol. The first-order chi connectivity index (χ1) is 7.04. The summed E-state index contributed by atoms with van der Waals surface area (Å²) in [6.07, 6.45) is 2.04. The van der Waals surface area contributed by atoms with Gasteiger partial charge in [0, 0.05) is 11.8 Å². The summed E-state index contributed by atoms with van der Waals surface area (Å²) in [5.74, 6) is -0.177. The van der Waals surface area contributed by atoms with Gasteiger partial charge in [-0.3, -0.25) is 4.99 Å². The molecule has 0 aliphatic heterocycles. The van der Waals surface area contributed by atoms with Gasteiger partial charge < -0.3 is 0 Å². The number of hydrogen-bond acceptors (Lipinski definition) is 1. The van der Waals surface area contributed by atoms with Gasteiger partial charge in [0.15, 0.2) is 0 Å². The van der Waals surface area contributed by atoms with Crippen molar-refractivity contribution in [2.75, 3.05) is 0 Å². The summed E-state index contributed by atoms with van der Waals surface area (Å²) in [4.78, 5) is 4.43. The highest BCUT2D eigenvalue weighted by Crippen LogP contribution is 2.22. The molecule has 0 radical (unpaired) electrons. The number of rotatable bonds is 3. The van der Waals surface area contributed by atoms with Crippen LogP contribution in [0.2, 0.25) is 0 Å². The van der Waals surface area contributed by atoms with E-state index in [2.05, 4.69) is 11.9 Å². The molecule has 0 aliphatic carbocycles. The molecule has 1 rings (SSSR count). The summed E-state index contributed by atoms with van der Waals surface area (Å²) in [5, 5.41) is 0. The van der Waals surface area contributed by atoms with Crippen molar-refractivity contribution in [3.05, 3.63) is 29.1 Å². The van der Waals surface area contributed by atoms with Crippen molar-refractivity contribution in [2.45, 2.75) is 40.5 Å². The molecule has 0 fully saturated rings. The number of benzene rings is 1. The van der Waals surface area contributed by atoms with Crippen molar-refractivity contribution in [3.63, 3.8) is 0 Å². The topological polar surface area (TPSA) is 12.4 Å². The van der Waals surface area contributed by atoms with Gasteiger partial charge in [0.1, 0.15) is 5.82 Å². The molecular weight excluding hydrogens is 189 g/mol. The Morgan fingerprint density at radius 3 is 2.53 bits per heavy atom. The summed E-state index contributed by atoms with van der Waals surface area (Å²) in [6, 6.07) is 3.36. The van der Waals surface area contributed by atoms with Crippen LogP contribution in [0.5, 0.6) is 0 Å². The Bertz CT molecular complexity index is 380. The van der Waals surface area contributed by atoms with E-state index in [0.717, 1.165) is 29.8 Å². The molecule has 0 aliphatic rings. The Kier molecular flexibility index (Phi) is 4.01. The van der Waals surface area contributed by atoms with Gasteiger partial charge in [0.05, 0.1) is 5.69 Å². The van der Waals surface area contributed by atoms with E-state index in [1.165, 1.54) is 6.07 Å². The van der Waals surface area contributed by atoms with Gasteiger partial charge in [-0.25, -0.2) is 4.39 Å². The minimum absolute atomic E-state index is 0.177. The third kappa shape index (κ3) is 3.15. The zero-order chi connectivity index (χ0) is 11.4. The Labute approximate surface area is 91.0 Å². The van der Waals surface area contributed by atoms with E-state index in [0.29, 0.717) is 5.56 Å².